The maximum absolute atomic E-state index is 10.3. The number of aliphatic carboxylic acids is 1. The van der Waals surface area contributed by atoms with Gasteiger partial charge in [0, 0.05) is 0 Å². The second kappa shape index (κ2) is 1.97. The number of hydrogen-bond donors (Lipinski definition) is 3. The summed E-state index contributed by atoms with van der Waals surface area (Å²) in [6.07, 6.45) is 1.38. The van der Waals surface area contributed by atoms with E-state index in [0.717, 1.165) is 6.42 Å². The topological polar surface area (TPSA) is 75.4 Å². The van der Waals surface area contributed by atoms with Crippen molar-refractivity contribution in [2.45, 2.75) is 18.5 Å². The van der Waals surface area contributed by atoms with Crippen molar-refractivity contribution >= 4 is 5.97 Å². The zero-order valence-corrected chi connectivity index (χ0v) is 5.05. The van der Waals surface area contributed by atoms with Gasteiger partial charge in [-0.05, 0) is 19.4 Å². The number of hydrogen-bond acceptors (Lipinski definition) is 3. The van der Waals surface area contributed by atoms with Crippen LogP contribution >= 0.6 is 0 Å². The maximum Gasteiger partial charge on any atom is 0.338 e. The van der Waals surface area contributed by atoms with E-state index < -0.39 is 11.6 Å². The summed E-state index contributed by atoms with van der Waals surface area (Å²) in [7, 11) is 0. The Labute approximate surface area is 53.0 Å². The third-order valence-electron chi connectivity index (χ3n) is 1.57. The number of carbonyl (C=O) groups is 1. The summed E-state index contributed by atoms with van der Waals surface area (Å²) in [5.41, 5.74) is 4.25. The number of carboxylic acid groups (broad SMARTS) is 1. The number of carboxylic acids is 1. The van der Waals surface area contributed by atoms with Gasteiger partial charge in [0.15, 0.2) is 5.66 Å². The Morgan fingerprint density at radius 2 is 2.44 bits per heavy atom. The third kappa shape index (κ3) is 1.04. The molecule has 1 heterocycles. The van der Waals surface area contributed by atoms with Gasteiger partial charge in [-0.3, -0.25) is 5.32 Å². The molecule has 4 heteroatoms. The van der Waals surface area contributed by atoms with Crippen LogP contribution in [0.15, 0.2) is 0 Å². The summed E-state index contributed by atoms with van der Waals surface area (Å²) in [6.45, 7) is 0.711. The van der Waals surface area contributed by atoms with Gasteiger partial charge in [0.1, 0.15) is 0 Å². The largest absolute Gasteiger partial charge is 0.479 e. The molecule has 0 amide bonds. The number of rotatable bonds is 1. The molecule has 52 valence electrons. The van der Waals surface area contributed by atoms with Crippen LogP contribution in [0.5, 0.6) is 0 Å². The van der Waals surface area contributed by atoms with Gasteiger partial charge in [0.25, 0.3) is 0 Å². The van der Waals surface area contributed by atoms with E-state index >= 15 is 0 Å². The summed E-state index contributed by atoms with van der Waals surface area (Å²) in [4.78, 5) is 10.3. The fourth-order valence-corrected chi connectivity index (χ4v) is 0.950. The van der Waals surface area contributed by atoms with E-state index in [1.165, 1.54) is 0 Å². The van der Waals surface area contributed by atoms with Crippen LogP contribution in [0.25, 0.3) is 0 Å². The predicted octanol–water partition coefficient (Wildman–Crippen LogP) is -0.891. The van der Waals surface area contributed by atoms with E-state index in [9.17, 15) is 4.79 Å². The molecule has 1 atom stereocenters. The highest BCUT2D eigenvalue weighted by molar-refractivity contribution is 5.78. The van der Waals surface area contributed by atoms with Crippen LogP contribution in [-0.4, -0.2) is 23.3 Å². The average Bonchev–Trinajstić information content (AvgIpc) is 2.16. The van der Waals surface area contributed by atoms with E-state index in [0.29, 0.717) is 13.0 Å². The molecular weight excluding hydrogens is 120 g/mol. The van der Waals surface area contributed by atoms with Gasteiger partial charge < -0.3 is 10.8 Å². The van der Waals surface area contributed by atoms with Crippen LogP contribution in [0, 0.1) is 0 Å². The van der Waals surface area contributed by atoms with E-state index in [1.807, 2.05) is 0 Å². The van der Waals surface area contributed by atoms with Gasteiger partial charge in [-0.1, -0.05) is 0 Å². The Balaban J connectivity index is 2.61. The lowest BCUT2D eigenvalue weighted by molar-refractivity contribution is -0.144. The first-order valence-electron chi connectivity index (χ1n) is 2.92. The van der Waals surface area contributed by atoms with Crippen LogP contribution in [0.3, 0.4) is 0 Å². The maximum atomic E-state index is 10.3. The average molecular weight is 130 g/mol. The molecule has 0 aromatic carbocycles. The lowest BCUT2D eigenvalue weighted by Crippen LogP contribution is -2.55. The lowest BCUT2D eigenvalue weighted by atomic mass is 10.1. The van der Waals surface area contributed by atoms with Crippen molar-refractivity contribution in [2.24, 2.45) is 5.73 Å². The van der Waals surface area contributed by atoms with E-state index in [-0.39, 0.29) is 0 Å². The first kappa shape index (κ1) is 6.51. The summed E-state index contributed by atoms with van der Waals surface area (Å²) < 4.78 is 0. The van der Waals surface area contributed by atoms with Crippen LogP contribution in [-0.2, 0) is 4.79 Å². The van der Waals surface area contributed by atoms with Crippen LogP contribution in [0.1, 0.15) is 12.8 Å². The molecule has 1 fully saturated rings. The molecule has 4 nitrogen and oxygen atoms in total. The zero-order chi connectivity index (χ0) is 6.91. The minimum Gasteiger partial charge on any atom is -0.479 e. The monoisotopic (exact) mass is 130 g/mol. The molecule has 1 aliphatic rings. The molecule has 0 bridgehead atoms. The molecule has 0 spiro atoms. The van der Waals surface area contributed by atoms with Gasteiger partial charge in [0.2, 0.25) is 0 Å². The minimum absolute atomic E-state index is 0.530. The Kier molecular flexibility index (Phi) is 1.42. The second-order valence-corrected chi connectivity index (χ2v) is 2.31. The Morgan fingerprint density at radius 3 is 2.67 bits per heavy atom. The highest BCUT2D eigenvalue weighted by Crippen LogP contribution is 2.12. The molecular formula is C5H10N2O2. The van der Waals surface area contributed by atoms with Gasteiger partial charge in [-0.15, -0.1) is 0 Å². The van der Waals surface area contributed by atoms with Crippen molar-refractivity contribution in [2.75, 3.05) is 6.54 Å². The molecule has 4 N–H and O–H groups in total. The molecule has 0 saturated carbocycles. The molecule has 1 unspecified atom stereocenters. The van der Waals surface area contributed by atoms with Crippen molar-refractivity contribution in [3.8, 4) is 0 Å². The smallest absolute Gasteiger partial charge is 0.338 e. The van der Waals surface area contributed by atoms with E-state index in [1.54, 1.807) is 0 Å². The van der Waals surface area contributed by atoms with Gasteiger partial charge in [0.05, 0.1) is 0 Å². The molecule has 1 rings (SSSR count). The first-order chi connectivity index (χ1) is 4.15. The SMILES string of the molecule is NC1(C(=O)O)CCCN1. The third-order valence-corrected chi connectivity index (χ3v) is 1.57. The molecule has 0 radical (unpaired) electrons. The summed E-state index contributed by atoms with van der Waals surface area (Å²) >= 11 is 0. The normalized spacial score (nSPS) is 34.8. The Hall–Kier alpha value is -0.610. The molecule has 0 aromatic heterocycles. The lowest BCUT2D eigenvalue weighted by Gasteiger charge is -2.16. The fourth-order valence-electron chi connectivity index (χ4n) is 0.950. The highest BCUT2D eigenvalue weighted by atomic mass is 16.4. The first-order valence-corrected chi connectivity index (χ1v) is 2.92. The Morgan fingerprint density at radius 1 is 1.78 bits per heavy atom. The molecule has 9 heavy (non-hydrogen) atoms. The summed E-state index contributed by atoms with van der Waals surface area (Å²) in [6, 6.07) is 0. The van der Waals surface area contributed by atoms with Gasteiger partial charge in [-0.25, -0.2) is 4.79 Å². The van der Waals surface area contributed by atoms with Crippen LogP contribution in [0.4, 0.5) is 0 Å². The van der Waals surface area contributed by atoms with E-state index in [4.69, 9.17) is 10.8 Å². The zero-order valence-electron chi connectivity index (χ0n) is 5.05. The Bertz CT molecular complexity index is 129. The molecule has 0 aliphatic carbocycles. The van der Waals surface area contributed by atoms with Crippen molar-refractivity contribution in [3.05, 3.63) is 0 Å². The summed E-state index contributed by atoms with van der Waals surface area (Å²) in [5, 5.41) is 11.2. The number of nitrogens with two attached hydrogens (primary N) is 1. The van der Waals surface area contributed by atoms with Crippen molar-refractivity contribution < 1.29 is 9.90 Å². The van der Waals surface area contributed by atoms with E-state index in [2.05, 4.69) is 5.32 Å². The standard InChI is InChI=1S/C5H10N2O2/c6-5(4(8)9)2-1-3-7-5/h7H,1-3,6H2,(H,8,9). The van der Waals surface area contributed by atoms with Gasteiger partial charge in [-0.2, -0.15) is 0 Å². The highest BCUT2D eigenvalue weighted by Gasteiger charge is 2.36. The van der Waals surface area contributed by atoms with Crippen LogP contribution < -0.4 is 11.1 Å². The predicted molar refractivity (Wildman–Crippen MR) is 31.8 cm³/mol. The molecule has 0 aromatic rings. The minimum atomic E-state index is -1.14. The quantitative estimate of drug-likeness (QED) is 0.430. The molecule has 1 aliphatic heterocycles. The fraction of sp³-hybridized carbons (Fsp3) is 0.800. The van der Waals surface area contributed by atoms with Crippen molar-refractivity contribution in [1.82, 2.24) is 5.32 Å². The van der Waals surface area contributed by atoms with Crippen molar-refractivity contribution in [1.29, 1.82) is 0 Å². The van der Waals surface area contributed by atoms with Crippen LogP contribution in [0.2, 0.25) is 0 Å². The summed E-state index contributed by atoms with van der Waals surface area (Å²) in [5.74, 6) is -0.958. The molecule has 1 saturated heterocycles. The number of nitrogens with one attached hydrogen (secondary N) is 1. The second-order valence-electron chi connectivity index (χ2n) is 2.31. The van der Waals surface area contributed by atoms with Crippen molar-refractivity contribution in [3.63, 3.8) is 0 Å². The van der Waals surface area contributed by atoms with Gasteiger partial charge >= 0.3 is 5.97 Å².